The van der Waals surface area contributed by atoms with Gasteiger partial charge in [-0.1, -0.05) is 0 Å². The Kier molecular flexibility index (Phi) is 7.44. The van der Waals surface area contributed by atoms with Crippen molar-refractivity contribution in [3.05, 3.63) is 0 Å². The van der Waals surface area contributed by atoms with E-state index in [2.05, 4.69) is 0 Å². The summed E-state index contributed by atoms with van der Waals surface area (Å²) in [6.07, 6.45) is -6.63. The van der Waals surface area contributed by atoms with Crippen LogP contribution < -0.4 is 0 Å². The lowest BCUT2D eigenvalue weighted by Crippen LogP contribution is -2.50. The monoisotopic (exact) mass is 252 g/mol. The van der Waals surface area contributed by atoms with Crippen molar-refractivity contribution >= 4 is 6.29 Å². The van der Waals surface area contributed by atoms with Crippen molar-refractivity contribution in [3.63, 3.8) is 0 Å². The maximum Gasteiger partial charge on any atom is 0.128 e. The first-order valence-corrected chi connectivity index (χ1v) is 5.21. The van der Waals surface area contributed by atoms with Gasteiger partial charge in [0, 0.05) is 7.11 Å². The molecule has 0 aromatic heterocycles. The number of carbonyl (C=O) groups excluding carboxylic acids is 1. The number of hydrogen-bond donors (Lipinski definition) is 5. The van der Waals surface area contributed by atoms with Crippen LogP contribution in [0.3, 0.4) is 0 Å². The molecule has 7 nitrogen and oxygen atoms in total. The van der Waals surface area contributed by atoms with Gasteiger partial charge in [0.1, 0.15) is 18.5 Å². The van der Waals surface area contributed by atoms with E-state index in [1.807, 2.05) is 0 Å². The van der Waals surface area contributed by atoms with Crippen LogP contribution >= 0.6 is 0 Å². The maximum atomic E-state index is 10.9. The van der Waals surface area contributed by atoms with E-state index < -0.39 is 43.0 Å². The fourth-order valence-corrected chi connectivity index (χ4v) is 1.59. The lowest BCUT2D eigenvalue weighted by Gasteiger charge is -2.31. The van der Waals surface area contributed by atoms with Gasteiger partial charge < -0.3 is 35.1 Å². The molecule has 0 bridgehead atoms. The molecule has 0 saturated carbocycles. The predicted octanol–water partition coefficient (Wildman–Crippen LogP) is -2.73. The van der Waals surface area contributed by atoms with E-state index in [-0.39, 0.29) is 0 Å². The molecule has 6 atom stereocenters. The second kappa shape index (κ2) is 7.70. The number of rotatable bonds is 8. The van der Waals surface area contributed by atoms with Gasteiger partial charge in [-0.15, -0.1) is 0 Å². The second-order valence-corrected chi connectivity index (χ2v) is 3.89. The molecule has 0 amide bonds. The minimum Gasteiger partial charge on any atom is -0.394 e. The number of aldehydes is 1. The fourth-order valence-electron chi connectivity index (χ4n) is 1.59. The minimum absolute atomic E-state index is 0.332. The van der Waals surface area contributed by atoms with Gasteiger partial charge in [-0.05, 0) is 6.92 Å². The molecule has 0 aliphatic carbocycles. The predicted molar refractivity (Wildman–Crippen MR) is 57.1 cm³/mol. The highest BCUT2D eigenvalue weighted by molar-refractivity contribution is 5.56. The van der Waals surface area contributed by atoms with Crippen LogP contribution in [-0.4, -0.2) is 76.1 Å². The van der Waals surface area contributed by atoms with Crippen molar-refractivity contribution in [1.82, 2.24) is 0 Å². The van der Waals surface area contributed by atoms with Crippen LogP contribution in [0.5, 0.6) is 0 Å². The lowest BCUT2D eigenvalue weighted by atomic mass is 9.89. The zero-order chi connectivity index (χ0) is 13.6. The Labute approximate surface area is 99.3 Å². The molecule has 0 aromatic rings. The van der Waals surface area contributed by atoms with Gasteiger partial charge in [-0.2, -0.15) is 0 Å². The summed E-state index contributed by atoms with van der Waals surface area (Å²) in [5.74, 6) is -1.21. The summed E-state index contributed by atoms with van der Waals surface area (Å²) in [5, 5.41) is 46.3. The lowest BCUT2D eigenvalue weighted by molar-refractivity contribution is -0.146. The van der Waals surface area contributed by atoms with Crippen LogP contribution in [0, 0.1) is 5.92 Å². The third kappa shape index (κ3) is 4.30. The molecule has 0 aliphatic rings. The molecule has 5 N–H and O–H groups in total. The number of carbonyl (C=O) groups is 1. The zero-order valence-corrected chi connectivity index (χ0v) is 9.80. The Bertz CT molecular complexity index is 221. The Morgan fingerprint density at radius 3 is 2.00 bits per heavy atom. The van der Waals surface area contributed by atoms with Gasteiger partial charge >= 0.3 is 0 Å². The fraction of sp³-hybridized carbons (Fsp3) is 0.900. The van der Waals surface area contributed by atoms with Crippen molar-refractivity contribution in [1.29, 1.82) is 0 Å². The molecule has 0 saturated heterocycles. The van der Waals surface area contributed by atoms with Gasteiger partial charge in [0.2, 0.25) is 0 Å². The number of hydrogen-bond acceptors (Lipinski definition) is 7. The average Bonchev–Trinajstić information content (AvgIpc) is 2.32. The highest BCUT2D eigenvalue weighted by Gasteiger charge is 2.37. The molecule has 0 heterocycles. The van der Waals surface area contributed by atoms with E-state index in [0.717, 1.165) is 0 Å². The molecule has 0 spiro atoms. The van der Waals surface area contributed by atoms with E-state index in [4.69, 9.17) is 14.9 Å². The standard InChI is InChI=1S/C10H20O7/c1-5(13)10(17-2)6(3-11)8(15)9(16)7(14)4-12/h3,5-10,12-16H,4H2,1-2H3/t5?,6-,7+,8+,9+,10?/m0/s1. The second-order valence-electron chi connectivity index (χ2n) is 3.89. The molecule has 0 radical (unpaired) electrons. The Morgan fingerprint density at radius 2 is 1.71 bits per heavy atom. The quantitative estimate of drug-likeness (QED) is 0.297. The molecule has 0 aliphatic heterocycles. The van der Waals surface area contributed by atoms with Crippen LogP contribution in [0.2, 0.25) is 0 Å². The van der Waals surface area contributed by atoms with Crippen molar-refractivity contribution in [2.45, 2.75) is 37.4 Å². The smallest absolute Gasteiger partial charge is 0.128 e. The summed E-state index contributed by atoms with van der Waals surface area (Å²) in [6.45, 7) is 0.613. The Balaban J connectivity index is 4.80. The van der Waals surface area contributed by atoms with E-state index in [1.165, 1.54) is 14.0 Å². The van der Waals surface area contributed by atoms with Crippen LogP contribution in [0.4, 0.5) is 0 Å². The van der Waals surface area contributed by atoms with Gasteiger partial charge in [0.05, 0.1) is 30.8 Å². The first kappa shape index (κ1) is 16.4. The Hall–Kier alpha value is -0.570. The number of aliphatic hydroxyl groups is 5. The van der Waals surface area contributed by atoms with Gasteiger partial charge in [-0.3, -0.25) is 0 Å². The third-order valence-electron chi connectivity index (χ3n) is 2.61. The van der Waals surface area contributed by atoms with E-state index in [0.29, 0.717) is 6.29 Å². The molecular formula is C10H20O7. The summed E-state index contributed by atoms with van der Waals surface area (Å²) < 4.78 is 4.85. The summed E-state index contributed by atoms with van der Waals surface area (Å²) in [6, 6.07) is 0. The van der Waals surface area contributed by atoms with Crippen molar-refractivity contribution < 1.29 is 35.1 Å². The van der Waals surface area contributed by atoms with Crippen LogP contribution in [-0.2, 0) is 9.53 Å². The van der Waals surface area contributed by atoms with E-state index in [1.54, 1.807) is 0 Å². The van der Waals surface area contributed by atoms with Crippen LogP contribution in [0.25, 0.3) is 0 Å². The van der Waals surface area contributed by atoms with E-state index >= 15 is 0 Å². The minimum atomic E-state index is -1.70. The van der Waals surface area contributed by atoms with Crippen molar-refractivity contribution in [3.8, 4) is 0 Å². The van der Waals surface area contributed by atoms with Crippen LogP contribution in [0.1, 0.15) is 6.92 Å². The first-order valence-electron chi connectivity index (χ1n) is 5.21. The van der Waals surface area contributed by atoms with Crippen molar-refractivity contribution in [2.75, 3.05) is 13.7 Å². The average molecular weight is 252 g/mol. The molecule has 0 fully saturated rings. The summed E-state index contributed by atoms with van der Waals surface area (Å²) >= 11 is 0. The van der Waals surface area contributed by atoms with Crippen molar-refractivity contribution in [2.24, 2.45) is 5.92 Å². The normalized spacial score (nSPS) is 22.3. The Morgan fingerprint density at radius 1 is 1.18 bits per heavy atom. The molecule has 2 unspecified atom stereocenters. The zero-order valence-electron chi connectivity index (χ0n) is 9.80. The topological polar surface area (TPSA) is 127 Å². The third-order valence-corrected chi connectivity index (χ3v) is 2.61. The largest absolute Gasteiger partial charge is 0.394 e. The molecule has 102 valence electrons. The van der Waals surface area contributed by atoms with Gasteiger partial charge in [-0.25, -0.2) is 0 Å². The number of ether oxygens (including phenoxy) is 1. The number of methoxy groups -OCH3 is 1. The summed E-state index contributed by atoms with van der Waals surface area (Å²) in [7, 11) is 1.25. The summed E-state index contributed by atoms with van der Waals surface area (Å²) in [4.78, 5) is 10.9. The molecule has 0 rings (SSSR count). The molecule has 0 aromatic carbocycles. The first-order chi connectivity index (χ1) is 7.90. The molecule has 7 heteroatoms. The highest BCUT2D eigenvalue weighted by Crippen LogP contribution is 2.18. The van der Waals surface area contributed by atoms with Gasteiger partial charge in [0.25, 0.3) is 0 Å². The summed E-state index contributed by atoms with van der Waals surface area (Å²) in [5.41, 5.74) is 0. The molecule has 17 heavy (non-hydrogen) atoms. The maximum absolute atomic E-state index is 10.9. The van der Waals surface area contributed by atoms with E-state index in [9.17, 15) is 20.1 Å². The van der Waals surface area contributed by atoms with Crippen LogP contribution in [0.15, 0.2) is 0 Å². The highest BCUT2D eigenvalue weighted by atomic mass is 16.5. The number of aliphatic hydroxyl groups excluding tert-OH is 5. The van der Waals surface area contributed by atoms with Gasteiger partial charge in [0.15, 0.2) is 0 Å². The SMILES string of the molecule is COC(C(C)O)[C@@H](C=O)[C@@H](O)[C@H](O)[C@H](O)CO. The molecular weight excluding hydrogens is 232 g/mol.